The fourth-order valence-electron chi connectivity index (χ4n) is 3.51. The van der Waals surface area contributed by atoms with E-state index in [0.29, 0.717) is 11.3 Å². The topological polar surface area (TPSA) is 47.4 Å². The third-order valence-electron chi connectivity index (χ3n) is 4.52. The Labute approximate surface area is 123 Å². The van der Waals surface area contributed by atoms with E-state index in [4.69, 9.17) is 4.74 Å². The number of aromatic nitrogens is 2. The minimum atomic E-state index is 0.0921. The molecule has 1 aromatic heterocycles. The summed E-state index contributed by atoms with van der Waals surface area (Å²) >= 11 is 0. The van der Waals surface area contributed by atoms with E-state index in [-0.39, 0.29) is 11.9 Å². The van der Waals surface area contributed by atoms with Gasteiger partial charge in [-0.25, -0.2) is 4.98 Å². The molecule has 1 fully saturated rings. The molecule has 0 bridgehead atoms. The van der Waals surface area contributed by atoms with Gasteiger partial charge in [0.25, 0.3) is 5.91 Å². The van der Waals surface area contributed by atoms with Gasteiger partial charge >= 0.3 is 0 Å². The van der Waals surface area contributed by atoms with Gasteiger partial charge in [0.05, 0.1) is 42.1 Å². The van der Waals surface area contributed by atoms with Crippen molar-refractivity contribution in [1.29, 1.82) is 0 Å². The van der Waals surface area contributed by atoms with E-state index in [0.717, 1.165) is 36.5 Å². The molecule has 108 valence electrons. The predicted molar refractivity (Wildman–Crippen MR) is 77.9 cm³/mol. The minimum Gasteiger partial charge on any atom is -0.497 e. The average molecular weight is 283 g/mol. The smallest absolute Gasteiger partial charge is 0.256 e. The molecule has 0 unspecified atom stereocenters. The minimum absolute atomic E-state index is 0.0921. The first-order valence-corrected chi connectivity index (χ1v) is 7.24. The van der Waals surface area contributed by atoms with Gasteiger partial charge < -0.3 is 14.2 Å². The summed E-state index contributed by atoms with van der Waals surface area (Å²) < 4.78 is 7.35. The standard InChI is InChI=1S/C16H17N3O2/c1-10-15-14-4-3-7-18(14)16(20)12-8-11(21-2)5-6-13(12)19(15)9-17-10/h5-6,8-9,14H,3-4,7H2,1-2H3/t14-/m0/s1. The van der Waals surface area contributed by atoms with Crippen molar-refractivity contribution in [2.24, 2.45) is 0 Å². The first-order valence-electron chi connectivity index (χ1n) is 7.24. The van der Waals surface area contributed by atoms with Gasteiger partial charge in [-0.3, -0.25) is 4.79 Å². The summed E-state index contributed by atoms with van der Waals surface area (Å²) in [6, 6.07) is 5.80. The molecule has 0 N–H and O–H groups in total. The van der Waals surface area contributed by atoms with Gasteiger partial charge in [0, 0.05) is 6.54 Å². The lowest BCUT2D eigenvalue weighted by molar-refractivity contribution is 0.0738. The number of fused-ring (bicyclic) bond motifs is 5. The lowest BCUT2D eigenvalue weighted by atomic mass is 10.1. The Bertz CT molecular complexity index is 735. The zero-order valence-corrected chi connectivity index (χ0v) is 12.2. The summed E-state index contributed by atoms with van der Waals surface area (Å²) in [4.78, 5) is 19.3. The number of methoxy groups -OCH3 is 1. The van der Waals surface area contributed by atoms with Gasteiger partial charge in [-0.1, -0.05) is 0 Å². The molecule has 2 aromatic rings. The highest BCUT2D eigenvalue weighted by atomic mass is 16.5. The van der Waals surface area contributed by atoms with Gasteiger partial charge in [0.2, 0.25) is 0 Å². The molecule has 0 aliphatic carbocycles. The van der Waals surface area contributed by atoms with Gasteiger partial charge in [-0.2, -0.15) is 0 Å². The summed E-state index contributed by atoms with van der Waals surface area (Å²) in [6.45, 7) is 2.83. The number of nitrogens with zero attached hydrogens (tertiary/aromatic N) is 3. The number of amides is 1. The fraction of sp³-hybridized carbons (Fsp3) is 0.375. The summed E-state index contributed by atoms with van der Waals surface area (Å²) in [5.41, 5.74) is 3.73. The van der Waals surface area contributed by atoms with Crippen LogP contribution in [-0.4, -0.2) is 34.0 Å². The number of ether oxygens (including phenoxy) is 1. The number of aryl methyl sites for hydroxylation is 1. The van der Waals surface area contributed by atoms with Crippen molar-refractivity contribution in [3.05, 3.63) is 41.5 Å². The largest absolute Gasteiger partial charge is 0.497 e. The lowest BCUT2D eigenvalue weighted by Crippen LogP contribution is -2.29. The highest BCUT2D eigenvalue weighted by Crippen LogP contribution is 2.40. The molecule has 21 heavy (non-hydrogen) atoms. The van der Waals surface area contributed by atoms with Crippen molar-refractivity contribution in [3.63, 3.8) is 0 Å². The second-order valence-electron chi connectivity index (χ2n) is 5.62. The van der Waals surface area contributed by atoms with E-state index < -0.39 is 0 Å². The molecule has 1 amide bonds. The van der Waals surface area contributed by atoms with Crippen LogP contribution in [0.3, 0.4) is 0 Å². The van der Waals surface area contributed by atoms with Crippen molar-refractivity contribution in [2.45, 2.75) is 25.8 Å². The van der Waals surface area contributed by atoms with Gasteiger partial charge in [-0.15, -0.1) is 0 Å². The van der Waals surface area contributed by atoms with Crippen molar-refractivity contribution in [3.8, 4) is 11.4 Å². The van der Waals surface area contributed by atoms with Crippen LogP contribution in [0.25, 0.3) is 5.69 Å². The van der Waals surface area contributed by atoms with Crippen LogP contribution in [0.2, 0.25) is 0 Å². The molecule has 1 saturated heterocycles. The number of carbonyl (C=O) groups excluding carboxylic acids is 1. The van der Waals surface area contributed by atoms with Crippen molar-refractivity contribution >= 4 is 5.91 Å². The zero-order valence-electron chi connectivity index (χ0n) is 12.2. The van der Waals surface area contributed by atoms with Crippen molar-refractivity contribution in [2.75, 3.05) is 13.7 Å². The Morgan fingerprint density at radius 1 is 1.38 bits per heavy atom. The van der Waals surface area contributed by atoms with Crippen LogP contribution < -0.4 is 4.74 Å². The molecule has 4 rings (SSSR count). The fourth-order valence-corrected chi connectivity index (χ4v) is 3.51. The molecular weight excluding hydrogens is 266 g/mol. The molecule has 5 heteroatoms. The Hall–Kier alpha value is -2.30. The van der Waals surface area contributed by atoms with Gasteiger partial charge in [0.1, 0.15) is 5.75 Å². The number of rotatable bonds is 1. The van der Waals surface area contributed by atoms with E-state index in [1.54, 1.807) is 7.11 Å². The molecule has 0 radical (unpaired) electrons. The molecule has 0 spiro atoms. The Kier molecular flexibility index (Phi) is 2.58. The molecule has 0 saturated carbocycles. The highest BCUT2D eigenvalue weighted by Gasteiger charge is 2.38. The van der Waals surface area contributed by atoms with E-state index in [9.17, 15) is 4.79 Å². The Balaban J connectivity index is 2.01. The zero-order chi connectivity index (χ0) is 14.6. The molecular formula is C16H17N3O2. The predicted octanol–water partition coefficient (Wildman–Crippen LogP) is 2.48. The van der Waals surface area contributed by atoms with Crippen molar-refractivity contribution < 1.29 is 9.53 Å². The molecule has 2 aliphatic rings. The van der Waals surface area contributed by atoms with Gasteiger partial charge in [-0.05, 0) is 38.0 Å². The van der Waals surface area contributed by atoms with Crippen LogP contribution in [0, 0.1) is 6.92 Å². The monoisotopic (exact) mass is 283 g/mol. The molecule has 3 heterocycles. The van der Waals surface area contributed by atoms with Crippen molar-refractivity contribution in [1.82, 2.24) is 14.5 Å². The molecule has 1 aromatic carbocycles. The van der Waals surface area contributed by atoms with Crippen LogP contribution in [0.15, 0.2) is 24.5 Å². The van der Waals surface area contributed by atoms with Crippen LogP contribution in [-0.2, 0) is 0 Å². The summed E-state index contributed by atoms with van der Waals surface area (Å²) in [5, 5.41) is 0. The van der Waals surface area contributed by atoms with E-state index in [2.05, 4.69) is 9.55 Å². The second kappa shape index (κ2) is 4.35. The second-order valence-corrected chi connectivity index (χ2v) is 5.62. The summed E-state index contributed by atoms with van der Waals surface area (Å²) in [7, 11) is 1.62. The molecule has 1 atom stereocenters. The number of imidazole rings is 1. The summed E-state index contributed by atoms with van der Waals surface area (Å²) in [5.74, 6) is 0.799. The maximum atomic E-state index is 12.9. The van der Waals surface area contributed by atoms with Gasteiger partial charge in [0.15, 0.2) is 0 Å². The average Bonchev–Trinajstić information content (AvgIpc) is 3.10. The SMILES string of the molecule is COc1ccc2c(c1)C(=O)N1CCC[C@H]1c1c(C)ncn1-2. The van der Waals surface area contributed by atoms with Crippen LogP contribution in [0.5, 0.6) is 5.75 Å². The normalized spacial score (nSPS) is 19.8. The number of benzene rings is 1. The van der Waals surface area contributed by atoms with E-state index in [1.165, 1.54) is 0 Å². The maximum Gasteiger partial charge on any atom is 0.256 e. The quantitative estimate of drug-likeness (QED) is 0.808. The number of carbonyl (C=O) groups is 1. The lowest BCUT2D eigenvalue weighted by Gasteiger charge is -2.22. The van der Waals surface area contributed by atoms with E-state index in [1.807, 2.05) is 36.4 Å². The molecule has 2 aliphatic heterocycles. The first kappa shape index (κ1) is 12.4. The van der Waals surface area contributed by atoms with Crippen LogP contribution >= 0.6 is 0 Å². The Morgan fingerprint density at radius 2 is 2.24 bits per heavy atom. The number of hydrogen-bond acceptors (Lipinski definition) is 3. The summed E-state index contributed by atoms with van der Waals surface area (Å²) in [6.07, 6.45) is 3.87. The number of hydrogen-bond donors (Lipinski definition) is 0. The highest BCUT2D eigenvalue weighted by molar-refractivity contribution is 5.99. The van der Waals surface area contributed by atoms with Crippen LogP contribution in [0.1, 0.15) is 40.6 Å². The Morgan fingerprint density at radius 3 is 3.05 bits per heavy atom. The van der Waals surface area contributed by atoms with Crippen LogP contribution in [0.4, 0.5) is 0 Å². The van der Waals surface area contributed by atoms with E-state index >= 15 is 0 Å². The third kappa shape index (κ3) is 1.63. The maximum absolute atomic E-state index is 12.9. The molecule has 5 nitrogen and oxygen atoms in total. The third-order valence-corrected chi connectivity index (χ3v) is 4.52. The first-order chi connectivity index (χ1) is 10.2.